The molecular formula is C19H30O5. The number of hydrogen-bond donors (Lipinski definition) is 1. The van der Waals surface area contributed by atoms with Crippen molar-refractivity contribution in [1.29, 1.82) is 0 Å². The summed E-state index contributed by atoms with van der Waals surface area (Å²) in [6, 6.07) is 5.16. The van der Waals surface area contributed by atoms with E-state index in [0.717, 1.165) is 18.6 Å². The van der Waals surface area contributed by atoms with Gasteiger partial charge in [0, 0.05) is 12.2 Å². The van der Waals surface area contributed by atoms with E-state index in [2.05, 4.69) is 13.8 Å². The first kappa shape index (κ1) is 19.0. The number of methoxy groups -OCH3 is 1. The summed E-state index contributed by atoms with van der Waals surface area (Å²) < 4.78 is 22.4. The zero-order chi connectivity index (χ0) is 17.4. The number of rotatable bonds is 10. The van der Waals surface area contributed by atoms with Crippen molar-refractivity contribution in [3.63, 3.8) is 0 Å². The Hall–Kier alpha value is -1.30. The van der Waals surface area contributed by atoms with Crippen molar-refractivity contribution in [3.05, 3.63) is 23.8 Å². The quantitative estimate of drug-likeness (QED) is 0.697. The molecule has 0 bridgehead atoms. The Kier molecular flexibility index (Phi) is 7.82. The molecule has 0 aromatic heterocycles. The highest BCUT2D eigenvalue weighted by molar-refractivity contribution is 5.42. The molecule has 0 radical (unpaired) electrons. The lowest BCUT2D eigenvalue weighted by atomic mass is 10.0. The van der Waals surface area contributed by atoms with Crippen molar-refractivity contribution in [2.24, 2.45) is 5.92 Å². The molecule has 2 rings (SSSR count). The second kappa shape index (κ2) is 9.87. The van der Waals surface area contributed by atoms with E-state index >= 15 is 0 Å². The van der Waals surface area contributed by atoms with Crippen LogP contribution in [0.15, 0.2) is 18.2 Å². The maximum absolute atomic E-state index is 9.86. The van der Waals surface area contributed by atoms with Crippen molar-refractivity contribution in [1.82, 2.24) is 0 Å². The minimum atomic E-state index is -0.461. The smallest absolute Gasteiger partial charge is 0.184 e. The van der Waals surface area contributed by atoms with Crippen LogP contribution in [0.1, 0.15) is 51.4 Å². The van der Waals surface area contributed by atoms with Gasteiger partial charge in [0.25, 0.3) is 0 Å². The topological polar surface area (TPSA) is 57.2 Å². The Morgan fingerprint density at radius 3 is 2.83 bits per heavy atom. The van der Waals surface area contributed by atoms with E-state index < -0.39 is 6.29 Å². The number of phenols is 1. The van der Waals surface area contributed by atoms with Gasteiger partial charge in [-0.2, -0.15) is 0 Å². The van der Waals surface area contributed by atoms with Crippen LogP contribution in [0.25, 0.3) is 0 Å². The number of aromatic hydroxyl groups is 1. The lowest BCUT2D eigenvalue weighted by Gasteiger charge is -2.17. The van der Waals surface area contributed by atoms with Crippen LogP contribution in [0, 0.1) is 5.92 Å². The van der Waals surface area contributed by atoms with Gasteiger partial charge in [-0.05, 0) is 24.5 Å². The van der Waals surface area contributed by atoms with E-state index in [9.17, 15) is 5.11 Å². The van der Waals surface area contributed by atoms with Gasteiger partial charge in [0.2, 0.25) is 0 Å². The maximum Gasteiger partial charge on any atom is 0.184 e. The zero-order valence-corrected chi connectivity index (χ0v) is 15.0. The third-order valence-electron chi connectivity index (χ3n) is 4.43. The van der Waals surface area contributed by atoms with Gasteiger partial charge in [-0.25, -0.2) is 0 Å². The van der Waals surface area contributed by atoms with Crippen LogP contribution in [0.3, 0.4) is 0 Å². The monoisotopic (exact) mass is 338 g/mol. The number of benzene rings is 1. The fraction of sp³-hybridized carbons (Fsp3) is 0.684. The first-order valence-corrected chi connectivity index (χ1v) is 8.89. The molecule has 1 fully saturated rings. The molecule has 136 valence electrons. The predicted octanol–water partition coefficient (Wildman–Crippen LogP) is 4.05. The Balaban J connectivity index is 1.75. The molecular weight excluding hydrogens is 308 g/mol. The molecule has 1 aromatic carbocycles. The molecule has 1 aromatic rings. The van der Waals surface area contributed by atoms with Gasteiger partial charge in [0.15, 0.2) is 17.8 Å². The molecule has 1 N–H and O–H groups in total. The van der Waals surface area contributed by atoms with Crippen LogP contribution < -0.4 is 4.74 Å². The Morgan fingerprint density at radius 1 is 1.33 bits per heavy atom. The maximum atomic E-state index is 9.86. The molecule has 0 aliphatic carbocycles. The van der Waals surface area contributed by atoms with Crippen LogP contribution in [0.2, 0.25) is 0 Å². The normalized spacial score (nSPS) is 21.8. The van der Waals surface area contributed by atoms with E-state index in [1.54, 1.807) is 12.1 Å². The molecule has 3 atom stereocenters. The number of unbranched alkanes of at least 4 members (excludes halogenated alkanes) is 1. The average molecular weight is 338 g/mol. The number of phenolic OH excluding ortho intramolecular Hbond substituents is 1. The van der Waals surface area contributed by atoms with E-state index in [4.69, 9.17) is 18.9 Å². The van der Waals surface area contributed by atoms with Crippen LogP contribution >= 0.6 is 0 Å². The number of hydrogen-bond acceptors (Lipinski definition) is 5. The van der Waals surface area contributed by atoms with Gasteiger partial charge < -0.3 is 24.1 Å². The van der Waals surface area contributed by atoms with Gasteiger partial charge in [-0.15, -0.1) is 0 Å². The van der Waals surface area contributed by atoms with Crippen LogP contribution in [-0.2, 0) is 14.2 Å². The van der Waals surface area contributed by atoms with Gasteiger partial charge in [-0.1, -0.05) is 39.2 Å². The molecule has 0 saturated carbocycles. The van der Waals surface area contributed by atoms with E-state index in [-0.39, 0.29) is 11.9 Å². The van der Waals surface area contributed by atoms with Crippen molar-refractivity contribution in [2.75, 3.05) is 26.9 Å². The summed E-state index contributed by atoms with van der Waals surface area (Å²) in [5.74, 6) is 1.15. The lowest BCUT2D eigenvalue weighted by Crippen LogP contribution is -2.20. The molecule has 0 spiro atoms. The van der Waals surface area contributed by atoms with Crippen LogP contribution in [-0.4, -0.2) is 38.1 Å². The van der Waals surface area contributed by atoms with E-state index in [1.165, 1.54) is 26.4 Å². The molecule has 5 nitrogen and oxygen atoms in total. The van der Waals surface area contributed by atoms with Crippen LogP contribution in [0.4, 0.5) is 0 Å². The third kappa shape index (κ3) is 5.36. The minimum absolute atomic E-state index is 0.0667. The summed E-state index contributed by atoms with van der Waals surface area (Å²) in [6.45, 7) is 6.26. The van der Waals surface area contributed by atoms with Crippen LogP contribution in [0.5, 0.6) is 11.5 Å². The average Bonchev–Trinajstić information content (AvgIpc) is 3.06. The minimum Gasteiger partial charge on any atom is -0.504 e. The second-order valence-electron chi connectivity index (χ2n) is 6.31. The van der Waals surface area contributed by atoms with E-state index in [1.807, 2.05) is 6.07 Å². The highest BCUT2D eigenvalue weighted by Crippen LogP contribution is 2.33. The Morgan fingerprint density at radius 2 is 2.17 bits per heavy atom. The third-order valence-corrected chi connectivity index (χ3v) is 4.43. The molecule has 24 heavy (non-hydrogen) atoms. The molecule has 5 heteroatoms. The fourth-order valence-corrected chi connectivity index (χ4v) is 2.83. The zero-order valence-electron chi connectivity index (χ0n) is 15.0. The predicted molar refractivity (Wildman–Crippen MR) is 92.3 cm³/mol. The second-order valence-corrected chi connectivity index (χ2v) is 6.31. The summed E-state index contributed by atoms with van der Waals surface area (Å²) >= 11 is 0. The van der Waals surface area contributed by atoms with Gasteiger partial charge in [-0.3, -0.25) is 0 Å². The largest absolute Gasteiger partial charge is 0.504 e. The molecule has 1 heterocycles. The number of ether oxygens (including phenoxy) is 4. The van der Waals surface area contributed by atoms with Gasteiger partial charge >= 0.3 is 0 Å². The molecule has 1 saturated heterocycles. The summed E-state index contributed by atoms with van der Waals surface area (Å²) in [4.78, 5) is 0. The molecule has 3 unspecified atom stereocenters. The van der Waals surface area contributed by atoms with Gasteiger partial charge in [0.1, 0.15) is 6.10 Å². The van der Waals surface area contributed by atoms with Crippen molar-refractivity contribution < 1.29 is 24.1 Å². The first-order valence-electron chi connectivity index (χ1n) is 8.89. The lowest BCUT2D eigenvalue weighted by molar-refractivity contribution is -0.0759. The highest BCUT2D eigenvalue weighted by atomic mass is 16.7. The Labute approximate surface area is 144 Å². The van der Waals surface area contributed by atoms with Crippen molar-refractivity contribution >= 4 is 0 Å². The van der Waals surface area contributed by atoms with Crippen molar-refractivity contribution in [3.8, 4) is 11.5 Å². The van der Waals surface area contributed by atoms with Crippen molar-refractivity contribution in [2.45, 2.75) is 51.9 Å². The highest BCUT2D eigenvalue weighted by Gasteiger charge is 2.28. The van der Waals surface area contributed by atoms with E-state index in [0.29, 0.717) is 24.9 Å². The summed E-state index contributed by atoms with van der Waals surface area (Å²) in [5, 5.41) is 9.86. The SMILES string of the molecule is CCCCC(CC)COCC1COC(c2ccc(OC)c(O)c2)O1. The molecule has 0 amide bonds. The standard InChI is InChI=1S/C19H30O5/c1-4-6-7-14(5-2)11-22-12-16-13-23-19(24-16)15-8-9-18(21-3)17(20)10-15/h8-10,14,16,19-20H,4-7,11-13H2,1-3H3. The summed E-state index contributed by atoms with van der Waals surface area (Å²) in [6.07, 6.45) is 4.33. The Bertz CT molecular complexity index is 491. The summed E-state index contributed by atoms with van der Waals surface area (Å²) in [7, 11) is 1.52. The molecule has 1 aliphatic heterocycles. The van der Waals surface area contributed by atoms with Gasteiger partial charge in [0.05, 0.1) is 20.3 Å². The summed E-state index contributed by atoms with van der Waals surface area (Å²) in [5.41, 5.74) is 0.783. The molecule has 1 aliphatic rings. The fourth-order valence-electron chi connectivity index (χ4n) is 2.83. The first-order chi connectivity index (χ1) is 11.7.